The fourth-order valence-electron chi connectivity index (χ4n) is 6.87. The summed E-state index contributed by atoms with van der Waals surface area (Å²) in [5.41, 5.74) is 5.73. The summed E-state index contributed by atoms with van der Waals surface area (Å²) in [7, 11) is 0. The van der Waals surface area contributed by atoms with E-state index in [1.165, 1.54) is 61.0 Å². The first-order valence-electron chi connectivity index (χ1n) is 24.7. The van der Waals surface area contributed by atoms with Crippen molar-refractivity contribution in [3.63, 3.8) is 0 Å². The van der Waals surface area contributed by atoms with Gasteiger partial charge in [-0.15, -0.1) is 0 Å². The van der Waals surface area contributed by atoms with Crippen LogP contribution in [0.15, 0.2) is 222 Å². The zero-order valence-electron chi connectivity index (χ0n) is 44.6. The lowest BCUT2D eigenvalue weighted by molar-refractivity contribution is -0.138. The van der Waals surface area contributed by atoms with Crippen LogP contribution in [0.1, 0.15) is 45.5 Å². The highest BCUT2D eigenvalue weighted by atomic mass is 19.4. The molecule has 12 rings (SSSR count). The van der Waals surface area contributed by atoms with Crippen LogP contribution in [-0.4, -0.2) is 29.9 Å². The normalized spacial score (nSPS) is 10.8. The maximum absolute atomic E-state index is 12.6. The first kappa shape index (κ1) is 59.7. The second kappa shape index (κ2) is 27.7. The third-order valence-electron chi connectivity index (χ3n) is 10.9. The molecule has 420 valence electrons. The average Bonchev–Trinajstić information content (AvgIpc) is 4.41. The molecule has 0 aliphatic rings. The van der Waals surface area contributed by atoms with Crippen molar-refractivity contribution in [3.8, 4) is 68.7 Å². The standard InChI is InChI=1S/2C11H8F3NO.2C10H8FNO.2C10H9NO/c1-7-6-16-10(15-7)8-2-4-9(5-3-8)11(12,13)14;1-7-6-15-10(16-7)8-2-4-9(5-3-8)11(12,13)14;1-7-6-13-10(12-7)8-2-4-9(11)5-3-8;1-7-6-12-10(13-7)8-2-4-9(11)5-3-8;1-8-7-12-10(11-8)9-5-3-2-4-6-9;1-8-7-11-10(12-8)9-5-3-2-4-6-9/h2*2-6H,1H3;2*2-6H,1H3;2*2-7H,1H3. The van der Waals surface area contributed by atoms with Gasteiger partial charge in [-0.05, 0) is 163 Å². The molecule has 6 aromatic heterocycles. The average molecular weight is 1130 g/mol. The number of alkyl halides is 6. The van der Waals surface area contributed by atoms with Crippen LogP contribution in [0.25, 0.3) is 68.7 Å². The van der Waals surface area contributed by atoms with Gasteiger partial charge in [0.25, 0.3) is 0 Å². The Kier molecular flexibility index (Phi) is 20.2. The van der Waals surface area contributed by atoms with Crippen LogP contribution >= 0.6 is 0 Å². The molecule has 0 saturated heterocycles. The van der Waals surface area contributed by atoms with Crippen LogP contribution in [0.4, 0.5) is 35.1 Å². The summed E-state index contributed by atoms with van der Waals surface area (Å²) in [6.45, 7) is 10.9. The minimum Gasteiger partial charge on any atom is -0.444 e. The molecule has 0 bridgehead atoms. The minimum atomic E-state index is -4.31. The van der Waals surface area contributed by atoms with Crippen LogP contribution in [-0.2, 0) is 12.4 Å². The molecule has 12 aromatic rings. The molecule has 0 fully saturated rings. The fourth-order valence-corrected chi connectivity index (χ4v) is 6.87. The van der Waals surface area contributed by atoms with Crippen molar-refractivity contribution >= 4 is 0 Å². The molecule has 82 heavy (non-hydrogen) atoms. The molecule has 6 heterocycles. The topological polar surface area (TPSA) is 156 Å². The van der Waals surface area contributed by atoms with Crippen LogP contribution < -0.4 is 0 Å². The smallest absolute Gasteiger partial charge is 0.416 e. The van der Waals surface area contributed by atoms with E-state index in [0.717, 1.165) is 69.4 Å². The lowest BCUT2D eigenvalue weighted by Crippen LogP contribution is -2.03. The molecule has 0 N–H and O–H groups in total. The summed E-state index contributed by atoms with van der Waals surface area (Å²) in [4.78, 5) is 24.4. The van der Waals surface area contributed by atoms with Crippen LogP contribution in [0.5, 0.6) is 0 Å². The summed E-state index contributed by atoms with van der Waals surface area (Å²) in [5.74, 6) is 4.77. The van der Waals surface area contributed by atoms with E-state index in [4.69, 9.17) is 26.5 Å². The van der Waals surface area contributed by atoms with Gasteiger partial charge in [-0.1, -0.05) is 36.4 Å². The van der Waals surface area contributed by atoms with E-state index >= 15 is 0 Å². The number of nitrogens with zero attached hydrogens (tertiary/aromatic N) is 6. The Morgan fingerprint density at radius 3 is 0.780 bits per heavy atom. The first-order valence-corrected chi connectivity index (χ1v) is 24.7. The summed E-state index contributed by atoms with van der Waals surface area (Å²) < 4.78 is 130. The molecule has 0 aliphatic carbocycles. The molecule has 0 amide bonds. The number of hydrogen-bond donors (Lipinski definition) is 0. The maximum atomic E-state index is 12.6. The lowest BCUT2D eigenvalue weighted by Gasteiger charge is -2.05. The summed E-state index contributed by atoms with van der Waals surface area (Å²) >= 11 is 0. The van der Waals surface area contributed by atoms with E-state index in [1.807, 2.05) is 88.4 Å². The third-order valence-corrected chi connectivity index (χ3v) is 10.9. The molecule has 0 unspecified atom stereocenters. The van der Waals surface area contributed by atoms with Gasteiger partial charge >= 0.3 is 12.4 Å². The van der Waals surface area contributed by atoms with Gasteiger partial charge in [0.1, 0.15) is 47.7 Å². The summed E-state index contributed by atoms with van der Waals surface area (Å²) in [5, 5.41) is 0. The van der Waals surface area contributed by atoms with Crippen molar-refractivity contribution in [2.75, 3.05) is 0 Å². The van der Waals surface area contributed by atoms with Gasteiger partial charge in [-0.25, -0.2) is 38.7 Å². The van der Waals surface area contributed by atoms with E-state index < -0.39 is 23.5 Å². The predicted molar refractivity (Wildman–Crippen MR) is 290 cm³/mol. The highest BCUT2D eigenvalue weighted by Gasteiger charge is 2.31. The molecule has 12 nitrogen and oxygen atoms in total. The van der Waals surface area contributed by atoms with Crippen molar-refractivity contribution in [3.05, 3.63) is 252 Å². The number of halogens is 8. The second-order valence-electron chi connectivity index (χ2n) is 17.6. The molecule has 0 saturated carbocycles. The van der Waals surface area contributed by atoms with Crippen molar-refractivity contribution in [1.82, 2.24) is 29.9 Å². The Balaban J connectivity index is 0.000000142. The number of oxazole rings is 6. The third kappa shape index (κ3) is 18.0. The van der Waals surface area contributed by atoms with E-state index in [0.29, 0.717) is 57.9 Å². The number of aryl methyl sites for hydroxylation is 6. The molecule has 0 aliphatic heterocycles. The van der Waals surface area contributed by atoms with E-state index in [9.17, 15) is 35.1 Å². The highest BCUT2D eigenvalue weighted by Crippen LogP contribution is 2.32. The van der Waals surface area contributed by atoms with Crippen molar-refractivity contribution in [2.24, 2.45) is 0 Å². The monoisotopic (exact) mass is 1130 g/mol. The van der Waals surface area contributed by atoms with Crippen LogP contribution in [0.3, 0.4) is 0 Å². The number of aromatic nitrogens is 6. The number of rotatable bonds is 6. The summed E-state index contributed by atoms with van der Waals surface area (Å²) in [6, 6.07) is 41.2. The maximum Gasteiger partial charge on any atom is 0.416 e. The summed E-state index contributed by atoms with van der Waals surface area (Å²) in [6.07, 6.45) is 0.929. The van der Waals surface area contributed by atoms with E-state index in [1.54, 1.807) is 63.0 Å². The number of hydrogen-bond acceptors (Lipinski definition) is 12. The van der Waals surface area contributed by atoms with E-state index in [-0.39, 0.29) is 11.6 Å². The van der Waals surface area contributed by atoms with Gasteiger partial charge in [-0.3, -0.25) is 0 Å². The largest absolute Gasteiger partial charge is 0.444 e. The molecule has 0 radical (unpaired) electrons. The molecular formula is C62H50F8N6O6. The minimum absolute atomic E-state index is 0.257. The highest BCUT2D eigenvalue weighted by molar-refractivity contribution is 5.57. The Morgan fingerprint density at radius 1 is 0.305 bits per heavy atom. The number of benzene rings is 6. The SMILES string of the molecule is Cc1cnc(-c2ccc(C(F)(F)F)cc2)o1.Cc1cnc(-c2ccc(F)cc2)o1.Cc1cnc(-c2ccccc2)o1.Cc1coc(-c2ccc(C(F)(F)F)cc2)n1.Cc1coc(-c2ccc(F)cc2)n1.Cc1coc(-c2ccccc2)n1. The Morgan fingerprint density at radius 2 is 0.549 bits per heavy atom. The van der Waals surface area contributed by atoms with Crippen LogP contribution in [0, 0.1) is 53.2 Å². The quantitative estimate of drug-likeness (QED) is 0.145. The Bertz CT molecular complexity index is 3560. The van der Waals surface area contributed by atoms with Crippen molar-refractivity contribution in [2.45, 2.75) is 53.9 Å². The van der Waals surface area contributed by atoms with Gasteiger partial charge in [-0.2, -0.15) is 26.3 Å². The van der Waals surface area contributed by atoms with Crippen LogP contribution in [0.2, 0.25) is 0 Å². The van der Waals surface area contributed by atoms with Crippen molar-refractivity contribution in [1.29, 1.82) is 0 Å². The zero-order chi connectivity index (χ0) is 58.8. The van der Waals surface area contributed by atoms with E-state index in [2.05, 4.69) is 29.9 Å². The predicted octanol–water partition coefficient (Wildman–Crippen LogP) is 18.2. The van der Waals surface area contributed by atoms with Gasteiger partial charge < -0.3 is 26.5 Å². The fraction of sp³-hybridized carbons (Fsp3) is 0.129. The molecular weight excluding hydrogens is 1080 g/mol. The molecule has 20 heteroatoms. The van der Waals surface area contributed by atoms with Gasteiger partial charge in [0, 0.05) is 33.4 Å². The molecule has 0 atom stereocenters. The Labute approximate surface area is 464 Å². The Hall–Kier alpha value is -9.98. The molecule has 0 spiro atoms. The van der Waals surface area contributed by atoms with Crippen molar-refractivity contribution < 1.29 is 61.6 Å². The van der Waals surface area contributed by atoms with Gasteiger partial charge in [0.15, 0.2) is 0 Å². The van der Waals surface area contributed by atoms with Gasteiger partial charge in [0.05, 0.1) is 46.8 Å². The zero-order valence-corrected chi connectivity index (χ0v) is 44.6. The lowest BCUT2D eigenvalue weighted by atomic mass is 10.1. The van der Waals surface area contributed by atoms with Gasteiger partial charge in [0.2, 0.25) is 35.3 Å². The molecule has 6 aromatic carbocycles. The second-order valence-corrected chi connectivity index (χ2v) is 17.6. The first-order chi connectivity index (χ1) is 39.2.